The SMILES string of the molecule is O=C(C=C1CCCCC1)N1CCC1. The van der Waals surface area contributed by atoms with Crippen molar-refractivity contribution < 1.29 is 4.79 Å². The molecule has 0 atom stereocenters. The van der Waals surface area contributed by atoms with E-state index >= 15 is 0 Å². The molecule has 1 amide bonds. The molecular formula is C11H17NO. The van der Waals surface area contributed by atoms with Crippen LogP contribution in [0.1, 0.15) is 38.5 Å². The molecule has 0 spiro atoms. The van der Waals surface area contributed by atoms with Crippen molar-refractivity contribution >= 4 is 5.91 Å². The molecule has 2 heteroatoms. The first-order chi connectivity index (χ1) is 6.36. The van der Waals surface area contributed by atoms with Gasteiger partial charge in [0.1, 0.15) is 0 Å². The number of hydrogen-bond donors (Lipinski definition) is 0. The largest absolute Gasteiger partial charge is 0.339 e. The summed E-state index contributed by atoms with van der Waals surface area (Å²) in [5.74, 6) is 0.253. The van der Waals surface area contributed by atoms with Gasteiger partial charge < -0.3 is 4.90 Å². The van der Waals surface area contributed by atoms with Crippen LogP contribution in [0, 0.1) is 0 Å². The lowest BCUT2D eigenvalue weighted by molar-refractivity contribution is -0.129. The molecule has 1 aliphatic heterocycles. The molecule has 0 aromatic rings. The van der Waals surface area contributed by atoms with Gasteiger partial charge in [-0.1, -0.05) is 12.0 Å². The zero-order valence-corrected chi connectivity index (χ0v) is 8.09. The summed E-state index contributed by atoms with van der Waals surface area (Å²) in [5, 5.41) is 0. The molecule has 0 bridgehead atoms. The van der Waals surface area contributed by atoms with Crippen LogP contribution in [0.5, 0.6) is 0 Å². The van der Waals surface area contributed by atoms with Crippen LogP contribution in [0.25, 0.3) is 0 Å². The van der Waals surface area contributed by atoms with E-state index in [0.717, 1.165) is 25.9 Å². The van der Waals surface area contributed by atoms with Crippen LogP contribution < -0.4 is 0 Å². The monoisotopic (exact) mass is 179 g/mol. The fourth-order valence-corrected chi connectivity index (χ4v) is 1.95. The molecule has 1 saturated carbocycles. The van der Waals surface area contributed by atoms with Gasteiger partial charge >= 0.3 is 0 Å². The third kappa shape index (κ3) is 2.11. The van der Waals surface area contributed by atoms with Crippen LogP contribution in [0.4, 0.5) is 0 Å². The molecule has 2 nitrogen and oxygen atoms in total. The Labute approximate surface area is 79.6 Å². The molecule has 0 unspecified atom stereocenters. The highest BCUT2D eigenvalue weighted by Gasteiger charge is 2.18. The molecule has 0 N–H and O–H groups in total. The third-order valence-electron chi connectivity index (χ3n) is 2.99. The van der Waals surface area contributed by atoms with Crippen molar-refractivity contribution in [2.24, 2.45) is 0 Å². The summed E-state index contributed by atoms with van der Waals surface area (Å²) in [5.41, 5.74) is 1.38. The molecule has 1 heterocycles. The Morgan fingerprint density at radius 1 is 1.08 bits per heavy atom. The average molecular weight is 179 g/mol. The van der Waals surface area contributed by atoms with E-state index in [0.29, 0.717) is 0 Å². The standard InChI is InChI=1S/C11H17NO/c13-11(12-7-4-8-12)9-10-5-2-1-3-6-10/h9H,1-8H2. The average Bonchev–Trinajstić information content (AvgIpc) is 2.02. The summed E-state index contributed by atoms with van der Waals surface area (Å²) in [6, 6.07) is 0. The van der Waals surface area contributed by atoms with E-state index in [9.17, 15) is 4.79 Å². The van der Waals surface area contributed by atoms with Crippen molar-refractivity contribution in [3.05, 3.63) is 11.6 Å². The second-order valence-corrected chi connectivity index (χ2v) is 4.04. The molecule has 2 aliphatic rings. The first kappa shape index (κ1) is 8.79. The minimum Gasteiger partial charge on any atom is -0.339 e. The number of amides is 1. The van der Waals surface area contributed by atoms with Gasteiger partial charge in [-0.3, -0.25) is 4.79 Å². The van der Waals surface area contributed by atoms with Crippen LogP contribution in [-0.2, 0) is 4.79 Å². The Kier molecular flexibility index (Phi) is 2.67. The summed E-state index contributed by atoms with van der Waals surface area (Å²) >= 11 is 0. The first-order valence-electron chi connectivity index (χ1n) is 5.34. The topological polar surface area (TPSA) is 20.3 Å². The zero-order chi connectivity index (χ0) is 9.10. The molecule has 2 rings (SSSR count). The van der Waals surface area contributed by atoms with Gasteiger partial charge in [0, 0.05) is 19.2 Å². The lowest BCUT2D eigenvalue weighted by atomic mass is 9.94. The quantitative estimate of drug-likeness (QED) is 0.564. The van der Waals surface area contributed by atoms with Crippen LogP contribution in [0.15, 0.2) is 11.6 Å². The fraction of sp³-hybridized carbons (Fsp3) is 0.727. The van der Waals surface area contributed by atoms with Gasteiger partial charge in [-0.25, -0.2) is 0 Å². The maximum atomic E-state index is 11.5. The Bertz CT molecular complexity index is 220. The van der Waals surface area contributed by atoms with Crippen molar-refractivity contribution in [1.29, 1.82) is 0 Å². The highest BCUT2D eigenvalue weighted by Crippen LogP contribution is 2.23. The Hall–Kier alpha value is -0.790. The maximum absolute atomic E-state index is 11.5. The summed E-state index contributed by atoms with van der Waals surface area (Å²) in [6.45, 7) is 1.95. The van der Waals surface area contributed by atoms with E-state index in [1.54, 1.807) is 0 Å². The van der Waals surface area contributed by atoms with E-state index in [2.05, 4.69) is 0 Å². The van der Waals surface area contributed by atoms with Gasteiger partial charge in [-0.2, -0.15) is 0 Å². The number of rotatable bonds is 1. The summed E-state index contributed by atoms with van der Waals surface area (Å²) in [4.78, 5) is 13.5. The van der Waals surface area contributed by atoms with Crippen molar-refractivity contribution in [3.8, 4) is 0 Å². The van der Waals surface area contributed by atoms with Crippen LogP contribution >= 0.6 is 0 Å². The molecule has 72 valence electrons. The van der Waals surface area contributed by atoms with Gasteiger partial charge in [-0.15, -0.1) is 0 Å². The van der Waals surface area contributed by atoms with Gasteiger partial charge in [0.15, 0.2) is 0 Å². The van der Waals surface area contributed by atoms with E-state index in [1.807, 2.05) is 11.0 Å². The number of carbonyl (C=O) groups excluding carboxylic acids is 1. The van der Waals surface area contributed by atoms with Crippen LogP contribution in [-0.4, -0.2) is 23.9 Å². The number of carbonyl (C=O) groups is 1. The second kappa shape index (κ2) is 3.95. The summed E-state index contributed by atoms with van der Waals surface area (Å²) in [7, 11) is 0. The van der Waals surface area contributed by atoms with E-state index < -0.39 is 0 Å². The number of nitrogens with zero attached hydrogens (tertiary/aromatic N) is 1. The predicted molar refractivity (Wildman–Crippen MR) is 52.4 cm³/mol. The van der Waals surface area contributed by atoms with Gasteiger partial charge in [0.25, 0.3) is 0 Å². The molecule has 1 saturated heterocycles. The molecule has 1 aliphatic carbocycles. The Balaban J connectivity index is 1.88. The highest BCUT2D eigenvalue weighted by molar-refractivity contribution is 5.88. The van der Waals surface area contributed by atoms with E-state index in [1.165, 1.54) is 31.3 Å². The lowest BCUT2D eigenvalue weighted by Gasteiger charge is -2.30. The third-order valence-corrected chi connectivity index (χ3v) is 2.99. The highest BCUT2D eigenvalue weighted by atomic mass is 16.2. The summed E-state index contributed by atoms with van der Waals surface area (Å²) in [6.07, 6.45) is 9.28. The van der Waals surface area contributed by atoms with Gasteiger partial charge in [0.05, 0.1) is 0 Å². The van der Waals surface area contributed by atoms with E-state index in [-0.39, 0.29) is 5.91 Å². The minimum absolute atomic E-state index is 0.253. The maximum Gasteiger partial charge on any atom is 0.246 e. The van der Waals surface area contributed by atoms with E-state index in [4.69, 9.17) is 0 Å². The lowest BCUT2D eigenvalue weighted by Crippen LogP contribution is -2.41. The fourth-order valence-electron chi connectivity index (χ4n) is 1.95. The van der Waals surface area contributed by atoms with Gasteiger partial charge in [-0.05, 0) is 32.1 Å². The van der Waals surface area contributed by atoms with Crippen LogP contribution in [0.3, 0.4) is 0 Å². The molecule has 0 radical (unpaired) electrons. The van der Waals surface area contributed by atoms with Crippen molar-refractivity contribution in [3.63, 3.8) is 0 Å². The molecule has 0 aromatic heterocycles. The molecule has 0 aromatic carbocycles. The summed E-state index contributed by atoms with van der Waals surface area (Å²) < 4.78 is 0. The van der Waals surface area contributed by atoms with Crippen molar-refractivity contribution in [2.45, 2.75) is 38.5 Å². The normalized spacial score (nSPS) is 22.5. The minimum atomic E-state index is 0.253. The van der Waals surface area contributed by atoms with Crippen molar-refractivity contribution in [1.82, 2.24) is 4.90 Å². The number of likely N-dealkylation sites (tertiary alicyclic amines) is 1. The molecule has 2 fully saturated rings. The zero-order valence-electron chi connectivity index (χ0n) is 8.09. The first-order valence-corrected chi connectivity index (χ1v) is 5.34. The number of hydrogen-bond acceptors (Lipinski definition) is 1. The van der Waals surface area contributed by atoms with Crippen molar-refractivity contribution in [2.75, 3.05) is 13.1 Å². The second-order valence-electron chi connectivity index (χ2n) is 4.04. The van der Waals surface area contributed by atoms with Crippen LogP contribution in [0.2, 0.25) is 0 Å². The molecule has 13 heavy (non-hydrogen) atoms. The smallest absolute Gasteiger partial charge is 0.246 e. The Morgan fingerprint density at radius 3 is 2.31 bits per heavy atom. The molecular weight excluding hydrogens is 162 g/mol. The number of allylic oxidation sites excluding steroid dienone is 1. The van der Waals surface area contributed by atoms with Gasteiger partial charge in [0.2, 0.25) is 5.91 Å². The predicted octanol–water partition coefficient (Wildman–Crippen LogP) is 2.11. The Morgan fingerprint density at radius 2 is 1.77 bits per heavy atom.